The van der Waals surface area contributed by atoms with E-state index in [0.717, 1.165) is 88.6 Å². The van der Waals surface area contributed by atoms with Crippen molar-refractivity contribution in [1.82, 2.24) is 0 Å². The summed E-state index contributed by atoms with van der Waals surface area (Å²) >= 11 is 0. The van der Waals surface area contributed by atoms with E-state index in [9.17, 15) is 0 Å². The number of anilines is 3. The van der Waals surface area contributed by atoms with E-state index in [1.54, 1.807) is 0 Å². The van der Waals surface area contributed by atoms with Gasteiger partial charge in [-0.05, 0) is 98.4 Å². The van der Waals surface area contributed by atoms with Crippen LogP contribution in [0.2, 0.25) is 0 Å². The van der Waals surface area contributed by atoms with Crippen LogP contribution in [0.5, 0.6) is 0 Å². The first-order valence-electron chi connectivity index (χ1n) is 22.1. The second-order valence-corrected chi connectivity index (χ2v) is 17.6. The Labute approximate surface area is 371 Å². The second-order valence-electron chi connectivity index (χ2n) is 17.6. The molecular weight excluding hydrogens is 779 g/mol. The summed E-state index contributed by atoms with van der Waals surface area (Å²) in [6.45, 7) is 4.72. The van der Waals surface area contributed by atoms with Crippen LogP contribution in [0.1, 0.15) is 25.0 Å². The van der Waals surface area contributed by atoms with Gasteiger partial charge < -0.3 is 13.7 Å². The van der Waals surface area contributed by atoms with E-state index >= 15 is 0 Å². The molecule has 12 aromatic rings. The fourth-order valence-electron chi connectivity index (χ4n) is 10.7. The molecule has 10 aromatic carbocycles. The van der Waals surface area contributed by atoms with Crippen LogP contribution in [-0.2, 0) is 5.41 Å². The summed E-state index contributed by atoms with van der Waals surface area (Å²) in [7, 11) is 0. The molecule has 0 unspecified atom stereocenters. The molecule has 302 valence electrons. The van der Waals surface area contributed by atoms with Gasteiger partial charge >= 0.3 is 0 Å². The van der Waals surface area contributed by atoms with E-state index in [1.165, 1.54) is 38.8 Å². The van der Waals surface area contributed by atoms with Crippen LogP contribution >= 0.6 is 0 Å². The third kappa shape index (κ3) is 5.41. The molecule has 0 N–H and O–H groups in total. The van der Waals surface area contributed by atoms with E-state index in [-0.39, 0.29) is 5.41 Å². The topological polar surface area (TPSA) is 29.5 Å². The zero-order chi connectivity index (χ0) is 42.5. The average Bonchev–Trinajstić information content (AvgIpc) is 4.00. The van der Waals surface area contributed by atoms with Gasteiger partial charge in [0.1, 0.15) is 22.3 Å². The SMILES string of the molecule is CC1(C)c2ccccc2-c2cccc(-c3ccc(N(c4ccc(-c5cccc6oc7ccccc7c56)cc4)c4ccccc4-c4cccc5c4oc4c6ccccc6ccc54)cc3)c21. The number of benzene rings is 10. The summed E-state index contributed by atoms with van der Waals surface area (Å²) in [5, 5.41) is 6.77. The maximum atomic E-state index is 6.94. The summed E-state index contributed by atoms with van der Waals surface area (Å²) < 4.78 is 13.2. The number of furan rings is 2. The Bertz CT molecular complexity index is 3810. The molecule has 0 bridgehead atoms. The molecule has 1 aliphatic rings. The van der Waals surface area contributed by atoms with Gasteiger partial charge in [0.15, 0.2) is 0 Å². The Morgan fingerprint density at radius 3 is 1.75 bits per heavy atom. The molecule has 3 heteroatoms. The summed E-state index contributed by atoms with van der Waals surface area (Å²) in [5.41, 5.74) is 18.9. The first-order valence-corrected chi connectivity index (χ1v) is 22.1. The highest BCUT2D eigenvalue weighted by Crippen LogP contribution is 2.53. The number of rotatable bonds is 6. The minimum Gasteiger partial charge on any atom is -0.456 e. The Balaban J connectivity index is 0.980. The molecule has 3 nitrogen and oxygen atoms in total. The summed E-state index contributed by atoms with van der Waals surface area (Å²) in [5.74, 6) is 0. The van der Waals surface area contributed by atoms with Crippen molar-refractivity contribution >= 4 is 71.7 Å². The Morgan fingerprint density at radius 1 is 0.359 bits per heavy atom. The first-order chi connectivity index (χ1) is 31.5. The predicted octanol–water partition coefficient (Wildman–Crippen LogP) is 17.4. The highest BCUT2D eigenvalue weighted by atomic mass is 16.3. The number of hydrogen-bond donors (Lipinski definition) is 0. The molecule has 0 radical (unpaired) electrons. The highest BCUT2D eigenvalue weighted by molar-refractivity contribution is 6.18. The van der Waals surface area contributed by atoms with E-state index < -0.39 is 0 Å². The van der Waals surface area contributed by atoms with E-state index in [0.29, 0.717) is 0 Å². The van der Waals surface area contributed by atoms with Gasteiger partial charge in [0.05, 0.1) is 5.69 Å². The van der Waals surface area contributed by atoms with Crippen LogP contribution in [-0.4, -0.2) is 0 Å². The van der Waals surface area contributed by atoms with Crippen molar-refractivity contribution in [3.8, 4) is 44.5 Å². The van der Waals surface area contributed by atoms with Crippen molar-refractivity contribution < 1.29 is 8.83 Å². The summed E-state index contributed by atoms with van der Waals surface area (Å²) in [4.78, 5) is 2.39. The average molecular weight is 820 g/mol. The zero-order valence-corrected chi connectivity index (χ0v) is 35.5. The van der Waals surface area contributed by atoms with Gasteiger partial charge in [0, 0.05) is 54.8 Å². The van der Waals surface area contributed by atoms with Gasteiger partial charge in [-0.15, -0.1) is 0 Å². The summed E-state index contributed by atoms with van der Waals surface area (Å²) in [6, 6.07) is 76.5. The van der Waals surface area contributed by atoms with Crippen LogP contribution in [0.3, 0.4) is 0 Å². The van der Waals surface area contributed by atoms with Gasteiger partial charge in [-0.1, -0.05) is 178 Å². The highest BCUT2D eigenvalue weighted by Gasteiger charge is 2.37. The van der Waals surface area contributed by atoms with Crippen LogP contribution < -0.4 is 4.90 Å². The van der Waals surface area contributed by atoms with E-state index in [1.807, 2.05) is 12.1 Å². The lowest BCUT2D eigenvalue weighted by Gasteiger charge is -2.28. The number of hydrogen-bond acceptors (Lipinski definition) is 3. The largest absolute Gasteiger partial charge is 0.456 e. The molecule has 1 aliphatic carbocycles. The van der Waals surface area contributed by atoms with Crippen LogP contribution in [0, 0.1) is 0 Å². The van der Waals surface area contributed by atoms with Crippen LogP contribution in [0.15, 0.2) is 221 Å². The smallest absolute Gasteiger partial charge is 0.143 e. The molecular formula is C61H41NO2. The van der Waals surface area contributed by atoms with E-state index in [2.05, 4.69) is 219 Å². The lowest BCUT2D eigenvalue weighted by atomic mass is 9.79. The van der Waals surface area contributed by atoms with Crippen molar-refractivity contribution in [3.63, 3.8) is 0 Å². The van der Waals surface area contributed by atoms with Crippen molar-refractivity contribution in [2.75, 3.05) is 4.90 Å². The fourth-order valence-corrected chi connectivity index (χ4v) is 10.7. The van der Waals surface area contributed by atoms with Crippen molar-refractivity contribution in [2.45, 2.75) is 19.3 Å². The molecule has 0 spiro atoms. The molecule has 64 heavy (non-hydrogen) atoms. The number of fused-ring (bicyclic) bond motifs is 11. The molecule has 13 rings (SSSR count). The van der Waals surface area contributed by atoms with Crippen LogP contribution in [0.4, 0.5) is 17.1 Å². The standard InChI is InChI=1S/C61H41NO2/c1-61(2)53-24-8-5-16-46(53)48-21-11-20-44(58(48)61)40-30-35-42(36-31-40)62(41-33-28-39(29-34-41)43-19-13-27-56-57(43)52-18-7-10-26-55(52)63-56)54-25-9-6-17-47(54)49-22-12-23-50-51-37-32-38-14-3-4-15-45(38)59(51)64-60(49)50/h3-37H,1-2H3. The normalized spacial score (nSPS) is 13.0. The fraction of sp³-hybridized carbons (Fsp3) is 0.0492. The minimum absolute atomic E-state index is 0.120. The maximum absolute atomic E-state index is 6.94. The quantitative estimate of drug-likeness (QED) is 0.167. The first kappa shape index (κ1) is 36.5. The molecule has 0 amide bonds. The number of nitrogens with zero attached hydrogens (tertiary/aromatic N) is 1. The molecule has 0 saturated carbocycles. The predicted molar refractivity (Wildman–Crippen MR) is 267 cm³/mol. The lowest BCUT2D eigenvalue weighted by Crippen LogP contribution is -2.16. The Hall–Kier alpha value is -8.14. The number of para-hydroxylation sites is 3. The third-order valence-electron chi connectivity index (χ3n) is 13.7. The molecule has 0 saturated heterocycles. The maximum Gasteiger partial charge on any atom is 0.143 e. The lowest BCUT2D eigenvalue weighted by molar-refractivity contribution is 0.662. The molecule has 0 fully saturated rings. The molecule has 2 heterocycles. The van der Waals surface area contributed by atoms with E-state index in [4.69, 9.17) is 8.83 Å². The molecule has 2 aromatic heterocycles. The zero-order valence-electron chi connectivity index (χ0n) is 35.5. The van der Waals surface area contributed by atoms with Gasteiger partial charge in [0.2, 0.25) is 0 Å². The summed E-state index contributed by atoms with van der Waals surface area (Å²) in [6.07, 6.45) is 0. The van der Waals surface area contributed by atoms with Crippen molar-refractivity contribution in [1.29, 1.82) is 0 Å². The van der Waals surface area contributed by atoms with Gasteiger partial charge in [-0.25, -0.2) is 0 Å². The van der Waals surface area contributed by atoms with Gasteiger partial charge in [0.25, 0.3) is 0 Å². The molecule has 0 aliphatic heterocycles. The van der Waals surface area contributed by atoms with Gasteiger partial charge in [-0.2, -0.15) is 0 Å². The monoisotopic (exact) mass is 819 g/mol. The Kier molecular flexibility index (Phi) is 7.95. The van der Waals surface area contributed by atoms with Crippen molar-refractivity contribution in [3.05, 3.63) is 223 Å². The molecule has 0 atom stereocenters. The van der Waals surface area contributed by atoms with Gasteiger partial charge in [-0.3, -0.25) is 0 Å². The minimum atomic E-state index is -0.120. The second kappa shape index (κ2) is 13.9. The van der Waals surface area contributed by atoms with Crippen molar-refractivity contribution in [2.24, 2.45) is 0 Å². The Morgan fingerprint density at radius 2 is 0.922 bits per heavy atom. The van der Waals surface area contributed by atoms with Crippen LogP contribution in [0.25, 0.3) is 99.2 Å². The third-order valence-corrected chi connectivity index (χ3v) is 13.7.